The first-order valence-corrected chi connectivity index (χ1v) is 12.7. The summed E-state index contributed by atoms with van der Waals surface area (Å²) in [6, 6.07) is 5.78. The molecule has 2 heterocycles. The summed E-state index contributed by atoms with van der Waals surface area (Å²) in [5.74, 6) is -1.37. The third kappa shape index (κ3) is 7.57. The lowest BCUT2D eigenvalue weighted by molar-refractivity contribution is -0.139. The predicted molar refractivity (Wildman–Crippen MR) is 131 cm³/mol. The Kier molecular flexibility index (Phi) is 11.8. The van der Waals surface area contributed by atoms with Gasteiger partial charge < -0.3 is 28.6 Å². The van der Waals surface area contributed by atoms with Crippen LogP contribution in [0.5, 0.6) is 0 Å². The molecular formula is C26H38N2O8. The molecule has 0 aromatic heterocycles. The van der Waals surface area contributed by atoms with Crippen molar-refractivity contribution >= 4 is 17.7 Å². The number of rotatable bonds is 4. The van der Waals surface area contributed by atoms with Gasteiger partial charge in [-0.05, 0) is 18.1 Å². The standard InChI is InChI=1S/C26H38N2O8/c1-3-20(2)23(28-24(29)21-6-4-5-7-22(21)25(28)30)26(31)27-8-10-32-12-14-34-16-18-36-19-17-35-15-13-33-11-9-27/h4-7,20,23H,3,8-19H2,1-2H3/t20-,23+/m0/s1. The molecule has 0 aliphatic carbocycles. The molecule has 10 heteroatoms. The van der Waals surface area contributed by atoms with E-state index in [1.165, 1.54) is 0 Å². The minimum atomic E-state index is -0.910. The number of nitrogens with zero attached hydrogens (tertiary/aromatic N) is 2. The number of carbonyl (C=O) groups is 3. The van der Waals surface area contributed by atoms with Gasteiger partial charge in [-0.3, -0.25) is 19.3 Å². The Labute approximate surface area is 212 Å². The van der Waals surface area contributed by atoms with E-state index in [0.717, 1.165) is 4.90 Å². The maximum absolute atomic E-state index is 13.9. The summed E-state index contributed by atoms with van der Waals surface area (Å²) in [6.07, 6.45) is 0.628. The highest BCUT2D eigenvalue weighted by Crippen LogP contribution is 2.29. The highest BCUT2D eigenvalue weighted by atomic mass is 16.6. The molecule has 3 rings (SSSR count). The quantitative estimate of drug-likeness (QED) is 0.568. The van der Waals surface area contributed by atoms with Crippen LogP contribution in [0.25, 0.3) is 0 Å². The van der Waals surface area contributed by atoms with E-state index in [-0.39, 0.29) is 11.8 Å². The first kappa shape index (κ1) is 28.2. The summed E-state index contributed by atoms with van der Waals surface area (Å²) >= 11 is 0. The van der Waals surface area contributed by atoms with Crippen LogP contribution in [-0.2, 0) is 28.5 Å². The van der Waals surface area contributed by atoms with Crippen molar-refractivity contribution in [2.45, 2.75) is 26.3 Å². The van der Waals surface area contributed by atoms with Crippen molar-refractivity contribution in [2.24, 2.45) is 5.92 Å². The van der Waals surface area contributed by atoms with Gasteiger partial charge in [0.15, 0.2) is 0 Å². The van der Waals surface area contributed by atoms with Gasteiger partial charge in [0.2, 0.25) is 5.91 Å². The van der Waals surface area contributed by atoms with Crippen molar-refractivity contribution in [3.05, 3.63) is 35.4 Å². The summed E-state index contributed by atoms with van der Waals surface area (Å²) < 4.78 is 27.7. The van der Waals surface area contributed by atoms with Crippen molar-refractivity contribution in [3.8, 4) is 0 Å². The SMILES string of the molecule is CC[C@H](C)[C@H](C(=O)N1CCOCCOCCOCCOCCOCC1)N1C(=O)c2ccccc2C1=O. The Morgan fingerprint density at radius 1 is 0.750 bits per heavy atom. The monoisotopic (exact) mass is 506 g/mol. The van der Waals surface area contributed by atoms with Gasteiger partial charge in [-0.2, -0.15) is 0 Å². The molecule has 0 unspecified atom stereocenters. The molecule has 0 spiro atoms. The molecule has 2 atom stereocenters. The van der Waals surface area contributed by atoms with Gasteiger partial charge in [-0.15, -0.1) is 0 Å². The maximum atomic E-state index is 13.9. The predicted octanol–water partition coefficient (Wildman–Crippen LogP) is 1.62. The Balaban J connectivity index is 1.71. The van der Waals surface area contributed by atoms with Crippen LogP contribution < -0.4 is 0 Å². The molecule has 10 nitrogen and oxygen atoms in total. The van der Waals surface area contributed by atoms with Gasteiger partial charge in [0.1, 0.15) is 6.04 Å². The molecule has 1 aromatic rings. The molecule has 36 heavy (non-hydrogen) atoms. The van der Waals surface area contributed by atoms with E-state index in [1.807, 2.05) is 13.8 Å². The Morgan fingerprint density at radius 2 is 1.14 bits per heavy atom. The van der Waals surface area contributed by atoms with Gasteiger partial charge in [0, 0.05) is 13.1 Å². The second kappa shape index (κ2) is 15.0. The number of carbonyl (C=O) groups excluding carboxylic acids is 3. The van der Waals surface area contributed by atoms with Crippen molar-refractivity contribution in [1.82, 2.24) is 9.80 Å². The van der Waals surface area contributed by atoms with Crippen molar-refractivity contribution < 1.29 is 38.1 Å². The molecule has 0 saturated carbocycles. The molecule has 0 radical (unpaired) electrons. The van der Waals surface area contributed by atoms with Crippen LogP contribution in [0.15, 0.2) is 24.3 Å². The molecule has 0 bridgehead atoms. The van der Waals surface area contributed by atoms with E-state index in [1.54, 1.807) is 29.2 Å². The topological polar surface area (TPSA) is 104 Å². The number of amides is 3. The largest absolute Gasteiger partial charge is 0.377 e. The molecular weight excluding hydrogens is 468 g/mol. The van der Waals surface area contributed by atoms with E-state index in [2.05, 4.69) is 0 Å². The number of imide groups is 1. The Bertz CT molecular complexity index is 811. The third-order valence-electron chi connectivity index (χ3n) is 6.35. The minimum Gasteiger partial charge on any atom is -0.377 e. The van der Waals surface area contributed by atoms with Crippen LogP contribution in [-0.4, -0.2) is 113 Å². The first-order chi connectivity index (χ1) is 17.6. The summed E-state index contributed by atoms with van der Waals surface area (Å²) in [7, 11) is 0. The number of hydrogen-bond donors (Lipinski definition) is 0. The molecule has 3 amide bonds. The molecule has 1 fully saturated rings. The zero-order valence-electron chi connectivity index (χ0n) is 21.3. The fraction of sp³-hybridized carbons (Fsp3) is 0.654. The van der Waals surface area contributed by atoms with Crippen LogP contribution >= 0.6 is 0 Å². The molecule has 1 aromatic carbocycles. The van der Waals surface area contributed by atoms with Crippen LogP contribution in [0.3, 0.4) is 0 Å². The van der Waals surface area contributed by atoms with Gasteiger partial charge >= 0.3 is 0 Å². The van der Waals surface area contributed by atoms with E-state index in [0.29, 0.717) is 96.7 Å². The van der Waals surface area contributed by atoms with E-state index in [4.69, 9.17) is 23.7 Å². The smallest absolute Gasteiger partial charge is 0.262 e. The number of benzene rings is 1. The van der Waals surface area contributed by atoms with Gasteiger partial charge in [0.05, 0.1) is 77.2 Å². The Hall–Kier alpha value is -2.37. The fourth-order valence-electron chi connectivity index (χ4n) is 4.14. The van der Waals surface area contributed by atoms with Crippen molar-refractivity contribution in [3.63, 3.8) is 0 Å². The van der Waals surface area contributed by atoms with Gasteiger partial charge in [-0.25, -0.2) is 0 Å². The molecule has 200 valence electrons. The number of fused-ring (bicyclic) bond motifs is 1. The van der Waals surface area contributed by atoms with Crippen LogP contribution in [0.1, 0.15) is 41.0 Å². The lowest BCUT2D eigenvalue weighted by atomic mass is 9.96. The summed E-state index contributed by atoms with van der Waals surface area (Å²) in [5, 5.41) is 0. The van der Waals surface area contributed by atoms with Crippen LogP contribution in [0.2, 0.25) is 0 Å². The lowest BCUT2D eigenvalue weighted by Crippen LogP contribution is -2.55. The van der Waals surface area contributed by atoms with Crippen LogP contribution in [0, 0.1) is 5.92 Å². The lowest BCUT2D eigenvalue weighted by Gasteiger charge is -2.34. The normalized spacial score (nSPS) is 21.4. The summed E-state index contributed by atoms with van der Waals surface area (Å²) in [5.41, 5.74) is 0.667. The molecule has 1 saturated heterocycles. The maximum Gasteiger partial charge on any atom is 0.262 e. The molecule has 2 aliphatic rings. The number of hydrogen-bond acceptors (Lipinski definition) is 8. The zero-order chi connectivity index (χ0) is 25.8. The second-order valence-electron chi connectivity index (χ2n) is 8.74. The van der Waals surface area contributed by atoms with Gasteiger partial charge in [-0.1, -0.05) is 32.4 Å². The Morgan fingerprint density at radius 3 is 1.53 bits per heavy atom. The highest BCUT2D eigenvalue weighted by molar-refractivity contribution is 6.22. The second-order valence-corrected chi connectivity index (χ2v) is 8.74. The molecule has 0 N–H and O–H groups in total. The van der Waals surface area contributed by atoms with Crippen molar-refractivity contribution in [1.29, 1.82) is 0 Å². The summed E-state index contributed by atoms with van der Waals surface area (Å²) in [4.78, 5) is 43.0. The van der Waals surface area contributed by atoms with E-state index < -0.39 is 17.9 Å². The highest BCUT2D eigenvalue weighted by Gasteiger charge is 2.45. The average molecular weight is 507 g/mol. The summed E-state index contributed by atoms with van der Waals surface area (Å²) in [6.45, 7) is 8.53. The number of ether oxygens (including phenoxy) is 5. The van der Waals surface area contributed by atoms with Crippen LogP contribution in [0.4, 0.5) is 0 Å². The van der Waals surface area contributed by atoms with E-state index in [9.17, 15) is 14.4 Å². The van der Waals surface area contributed by atoms with Crippen molar-refractivity contribution in [2.75, 3.05) is 79.2 Å². The third-order valence-corrected chi connectivity index (χ3v) is 6.35. The fourth-order valence-corrected chi connectivity index (χ4v) is 4.14. The first-order valence-electron chi connectivity index (χ1n) is 12.7. The minimum absolute atomic E-state index is 0.224. The van der Waals surface area contributed by atoms with E-state index >= 15 is 0 Å². The van der Waals surface area contributed by atoms with Gasteiger partial charge in [0.25, 0.3) is 11.8 Å². The zero-order valence-corrected chi connectivity index (χ0v) is 21.3. The molecule has 2 aliphatic heterocycles. The average Bonchev–Trinajstić information content (AvgIpc) is 3.14.